The van der Waals surface area contributed by atoms with Crippen LogP contribution in [0.15, 0.2) is 24.3 Å². The molecular weight excluding hydrogens is 314 g/mol. The summed E-state index contributed by atoms with van der Waals surface area (Å²) in [5, 5.41) is 9.04. The highest BCUT2D eigenvalue weighted by molar-refractivity contribution is 5.81. The van der Waals surface area contributed by atoms with Crippen LogP contribution in [0.2, 0.25) is 0 Å². The van der Waals surface area contributed by atoms with Gasteiger partial charge in [-0.15, -0.1) is 0 Å². The Morgan fingerprint density at radius 2 is 2.08 bits per heavy atom. The van der Waals surface area contributed by atoms with Gasteiger partial charge >= 0.3 is 0 Å². The Bertz CT molecular complexity index is 672. The molecule has 0 bridgehead atoms. The fourth-order valence-corrected chi connectivity index (χ4v) is 3.91. The smallest absolute Gasteiger partial charge is 0.251 e. The van der Waals surface area contributed by atoms with Gasteiger partial charge in [0.25, 0.3) is 5.91 Å². The lowest BCUT2D eigenvalue weighted by atomic mass is 9.87. The van der Waals surface area contributed by atoms with E-state index >= 15 is 0 Å². The SMILES string of the molecule is CC(C)N1CC2(CCN(Cc3cccc(C#N)c3)CC2)O[C@@H](C)C1=O. The lowest BCUT2D eigenvalue weighted by Crippen LogP contribution is -2.62. The third kappa shape index (κ3) is 3.86. The van der Waals surface area contributed by atoms with E-state index in [2.05, 4.69) is 30.9 Å². The maximum absolute atomic E-state index is 12.3. The maximum Gasteiger partial charge on any atom is 0.251 e. The van der Waals surface area contributed by atoms with Crippen molar-refractivity contribution < 1.29 is 9.53 Å². The average molecular weight is 341 g/mol. The molecule has 0 saturated carbocycles. The molecule has 5 heteroatoms. The molecule has 134 valence electrons. The summed E-state index contributed by atoms with van der Waals surface area (Å²) in [6.07, 6.45) is 1.52. The minimum atomic E-state index is -0.352. The number of ether oxygens (including phenoxy) is 1. The highest BCUT2D eigenvalue weighted by Crippen LogP contribution is 2.34. The highest BCUT2D eigenvalue weighted by atomic mass is 16.5. The van der Waals surface area contributed by atoms with E-state index in [0.717, 1.165) is 32.5 Å². The molecule has 3 rings (SSSR count). The first kappa shape index (κ1) is 17.9. The zero-order valence-electron chi connectivity index (χ0n) is 15.4. The van der Waals surface area contributed by atoms with Gasteiger partial charge in [-0.1, -0.05) is 12.1 Å². The van der Waals surface area contributed by atoms with E-state index in [4.69, 9.17) is 10.00 Å². The first-order valence-corrected chi connectivity index (χ1v) is 9.12. The molecule has 2 aliphatic heterocycles. The quantitative estimate of drug-likeness (QED) is 0.848. The van der Waals surface area contributed by atoms with Gasteiger partial charge in [0.15, 0.2) is 0 Å². The van der Waals surface area contributed by atoms with Crippen LogP contribution < -0.4 is 0 Å². The van der Waals surface area contributed by atoms with Crippen LogP contribution in [0, 0.1) is 11.3 Å². The van der Waals surface area contributed by atoms with Crippen LogP contribution in [0.5, 0.6) is 0 Å². The molecule has 5 nitrogen and oxygen atoms in total. The van der Waals surface area contributed by atoms with Gasteiger partial charge < -0.3 is 9.64 Å². The second-order valence-corrected chi connectivity index (χ2v) is 7.59. The number of hydrogen-bond acceptors (Lipinski definition) is 4. The minimum absolute atomic E-state index is 0.108. The van der Waals surface area contributed by atoms with Crippen molar-refractivity contribution in [2.75, 3.05) is 19.6 Å². The number of hydrogen-bond donors (Lipinski definition) is 0. The highest BCUT2D eigenvalue weighted by Gasteiger charge is 2.45. The fourth-order valence-electron chi connectivity index (χ4n) is 3.91. The number of rotatable bonds is 3. The van der Waals surface area contributed by atoms with Crippen molar-refractivity contribution in [2.24, 2.45) is 0 Å². The molecule has 0 aromatic heterocycles. The van der Waals surface area contributed by atoms with Gasteiger partial charge in [-0.2, -0.15) is 5.26 Å². The van der Waals surface area contributed by atoms with Gasteiger partial charge in [-0.05, 0) is 51.3 Å². The normalized spacial score (nSPS) is 23.9. The molecule has 1 atom stereocenters. The van der Waals surface area contributed by atoms with E-state index in [1.807, 2.05) is 30.0 Å². The van der Waals surface area contributed by atoms with E-state index in [0.29, 0.717) is 12.1 Å². The fraction of sp³-hybridized carbons (Fsp3) is 0.600. The predicted octanol–water partition coefficient (Wildman–Crippen LogP) is 2.55. The van der Waals surface area contributed by atoms with Crippen molar-refractivity contribution >= 4 is 5.91 Å². The number of piperidine rings is 1. The zero-order chi connectivity index (χ0) is 18.0. The first-order chi connectivity index (χ1) is 11.9. The summed E-state index contributed by atoms with van der Waals surface area (Å²) in [5.41, 5.74) is 1.68. The van der Waals surface area contributed by atoms with E-state index in [1.54, 1.807) is 0 Å². The summed E-state index contributed by atoms with van der Waals surface area (Å²) in [5.74, 6) is 0.108. The monoisotopic (exact) mass is 341 g/mol. The Morgan fingerprint density at radius 1 is 1.36 bits per heavy atom. The molecule has 25 heavy (non-hydrogen) atoms. The lowest BCUT2D eigenvalue weighted by Gasteiger charge is -2.50. The summed E-state index contributed by atoms with van der Waals surface area (Å²) in [6, 6.07) is 10.2. The van der Waals surface area contributed by atoms with Crippen LogP contribution in [-0.2, 0) is 16.1 Å². The molecule has 0 aliphatic carbocycles. The van der Waals surface area contributed by atoms with Crippen molar-refractivity contribution in [1.29, 1.82) is 5.26 Å². The third-order valence-corrected chi connectivity index (χ3v) is 5.37. The zero-order valence-corrected chi connectivity index (χ0v) is 15.4. The number of carbonyl (C=O) groups is 1. The van der Waals surface area contributed by atoms with Crippen LogP contribution in [0.25, 0.3) is 0 Å². The van der Waals surface area contributed by atoms with E-state index in [1.165, 1.54) is 5.56 Å². The maximum atomic E-state index is 12.3. The molecule has 2 heterocycles. The molecule has 1 aromatic carbocycles. The average Bonchev–Trinajstić information content (AvgIpc) is 2.60. The van der Waals surface area contributed by atoms with Crippen LogP contribution in [0.4, 0.5) is 0 Å². The summed E-state index contributed by atoms with van der Waals surface area (Å²) in [6.45, 7) is 9.47. The minimum Gasteiger partial charge on any atom is -0.360 e. The molecule has 1 spiro atoms. The van der Waals surface area contributed by atoms with Crippen molar-refractivity contribution in [1.82, 2.24) is 9.80 Å². The van der Waals surface area contributed by atoms with Gasteiger partial charge in [-0.3, -0.25) is 9.69 Å². The van der Waals surface area contributed by atoms with E-state index < -0.39 is 0 Å². The predicted molar refractivity (Wildman–Crippen MR) is 95.8 cm³/mol. The Kier molecular flexibility index (Phi) is 5.12. The van der Waals surface area contributed by atoms with Crippen LogP contribution >= 0.6 is 0 Å². The van der Waals surface area contributed by atoms with Gasteiger partial charge in [0.1, 0.15) is 6.10 Å². The van der Waals surface area contributed by atoms with Crippen molar-refractivity contribution in [2.45, 2.75) is 57.9 Å². The number of benzene rings is 1. The molecule has 2 aliphatic rings. The number of carbonyl (C=O) groups excluding carboxylic acids is 1. The molecule has 2 fully saturated rings. The largest absolute Gasteiger partial charge is 0.360 e. The summed E-state index contributed by atoms with van der Waals surface area (Å²) in [7, 11) is 0. The number of nitriles is 1. The van der Waals surface area contributed by atoms with E-state index in [9.17, 15) is 4.79 Å². The molecule has 1 amide bonds. The molecule has 0 N–H and O–H groups in total. The lowest BCUT2D eigenvalue weighted by molar-refractivity contribution is -0.193. The second kappa shape index (κ2) is 7.15. The number of nitrogens with zero attached hydrogens (tertiary/aromatic N) is 3. The Morgan fingerprint density at radius 3 is 2.72 bits per heavy atom. The summed E-state index contributed by atoms with van der Waals surface area (Å²) >= 11 is 0. The van der Waals surface area contributed by atoms with Gasteiger partial charge in [0, 0.05) is 25.7 Å². The topological polar surface area (TPSA) is 56.6 Å². The molecule has 2 saturated heterocycles. The summed E-state index contributed by atoms with van der Waals surface area (Å²) < 4.78 is 6.18. The standard InChI is InChI=1S/C20H27N3O2/c1-15(2)23-14-20(25-16(3)19(23)24)7-9-22(10-8-20)13-18-6-4-5-17(11-18)12-21/h4-6,11,15-16H,7-10,13-14H2,1-3H3/t16-/m0/s1. The van der Waals surface area contributed by atoms with E-state index in [-0.39, 0.29) is 23.7 Å². The van der Waals surface area contributed by atoms with Gasteiger partial charge in [0.2, 0.25) is 0 Å². The van der Waals surface area contributed by atoms with Crippen molar-refractivity contribution in [3.8, 4) is 6.07 Å². The van der Waals surface area contributed by atoms with Gasteiger partial charge in [0.05, 0.1) is 23.8 Å². The van der Waals surface area contributed by atoms with Crippen molar-refractivity contribution in [3.05, 3.63) is 35.4 Å². The first-order valence-electron chi connectivity index (χ1n) is 9.12. The molecule has 0 unspecified atom stereocenters. The molecule has 1 aromatic rings. The Labute approximate surface area is 150 Å². The third-order valence-electron chi connectivity index (χ3n) is 5.37. The Hall–Kier alpha value is -1.90. The van der Waals surface area contributed by atoms with Crippen molar-refractivity contribution in [3.63, 3.8) is 0 Å². The number of amides is 1. The number of likely N-dealkylation sites (tertiary alicyclic amines) is 1. The van der Waals surface area contributed by atoms with Crippen LogP contribution in [0.1, 0.15) is 44.7 Å². The molecule has 0 radical (unpaired) electrons. The summed E-state index contributed by atoms with van der Waals surface area (Å²) in [4.78, 5) is 16.7. The second-order valence-electron chi connectivity index (χ2n) is 7.59. The van der Waals surface area contributed by atoms with Crippen LogP contribution in [-0.4, -0.2) is 53.1 Å². The van der Waals surface area contributed by atoms with Crippen LogP contribution in [0.3, 0.4) is 0 Å². The van der Waals surface area contributed by atoms with Gasteiger partial charge in [-0.25, -0.2) is 0 Å². The number of morpholine rings is 1. The molecular formula is C20H27N3O2. The Balaban J connectivity index is 1.63.